The second-order valence-electron chi connectivity index (χ2n) is 5.55. The van der Waals surface area contributed by atoms with Gasteiger partial charge in [0.15, 0.2) is 0 Å². The van der Waals surface area contributed by atoms with E-state index < -0.39 is 11.4 Å². The number of benzene rings is 1. The lowest BCUT2D eigenvalue weighted by atomic mass is 9.87. The van der Waals surface area contributed by atoms with Crippen LogP contribution in [-0.4, -0.2) is 34.0 Å². The first kappa shape index (κ1) is 14.7. The molecule has 22 heavy (non-hydrogen) atoms. The van der Waals surface area contributed by atoms with Crippen LogP contribution in [0.25, 0.3) is 0 Å². The van der Waals surface area contributed by atoms with Crippen LogP contribution in [0.15, 0.2) is 48.7 Å². The van der Waals surface area contributed by atoms with Crippen LogP contribution in [0.5, 0.6) is 0 Å². The first-order valence-electron chi connectivity index (χ1n) is 7.27. The lowest BCUT2D eigenvalue weighted by Crippen LogP contribution is -2.45. The number of rotatable bonds is 2. The molecular weight excluding hydrogens is 283 g/mol. The number of amides is 1. The third-order valence-electron chi connectivity index (χ3n) is 4.09. The second-order valence-corrected chi connectivity index (χ2v) is 5.55. The summed E-state index contributed by atoms with van der Waals surface area (Å²) in [6, 6.07) is 11.1. The van der Waals surface area contributed by atoms with Gasteiger partial charge < -0.3 is 10.0 Å². The van der Waals surface area contributed by atoms with E-state index >= 15 is 0 Å². The molecule has 0 aliphatic carbocycles. The molecule has 5 heteroatoms. The van der Waals surface area contributed by atoms with Gasteiger partial charge in [-0.25, -0.2) is 4.39 Å². The smallest absolute Gasteiger partial charge is 0.253 e. The first-order valence-corrected chi connectivity index (χ1v) is 7.27. The van der Waals surface area contributed by atoms with Gasteiger partial charge in [-0.15, -0.1) is 0 Å². The van der Waals surface area contributed by atoms with Gasteiger partial charge in [0.25, 0.3) is 5.91 Å². The number of pyridine rings is 1. The average molecular weight is 300 g/mol. The van der Waals surface area contributed by atoms with Gasteiger partial charge in [0, 0.05) is 24.8 Å². The maximum absolute atomic E-state index is 13.2. The van der Waals surface area contributed by atoms with E-state index in [2.05, 4.69) is 4.98 Å². The SMILES string of the molecule is O=C(c1cccc(F)c1)N1CCC(O)(c2ccccn2)CC1. The lowest BCUT2D eigenvalue weighted by Gasteiger charge is -2.37. The molecule has 3 rings (SSSR count). The number of nitrogens with zero attached hydrogens (tertiary/aromatic N) is 2. The van der Waals surface area contributed by atoms with Gasteiger partial charge >= 0.3 is 0 Å². The molecule has 1 aromatic carbocycles. The van der Waals surface area contributed by atoms with Gasteiger partial charge in [-0.05, 0) is 43.2 Å². The summed E-state index contributed by atoms with van der Waals surface area (Å²) in [4.78, 5) is 18.2. The van der Waals surface area contributed by atoms with Crippen molar-refractivity contribution in [2.45, 2.75) is 18.4 Å². The molecule has 0 saturated carbocycles. The van der Waals surface area contributed by atoms with Crippen molar-refractivity contribution in [3.63, 3.8) is 0 Å². The zero-order valence-corrected chi connectivity index (χ0v) is 12.1. The molecule has 1 N–H and O–H groups in total. The molecule has 1 aromatic heterocycles. The lowest BCUT2D eigenvalue weighted by molar-refractivity contribution is -0.0244. The molecule has 0 radical (unpaired) electrons. The molecule has 2 heterocycles. The fourth-order valence-electron chi connectivity index (χ4n) is 2.78. The number of piperidine rings is 1. The van der Waals surface area contributed by atoms with Crippen molar-refractivity contribution in [1.82, 2.24) is 9.88 Å². The molecule has 1 fully saturated rings. The standard InChI is InChI=1S/C17H17FN2O2/c18-14-5-3-4-13(12-14)16(21)20-10-7-17(22,8-11-20)15-6-1-2-9-19-15/h1-6,9,12,22H,7-8,10-11H2. The summed E-state index contributed by atoms with van der Waals surface area (Å²) in [6.07, 6.45) is 2.49. The molecule has 4 nitrogen and oxygen atoms in total. The fraction of sp³-hybridized carbons (Fsp3) is 0.294. The Hall–Kier alpha value is -2.27. The summed E-state index contributed by atoms with van der Waals surface area (Å²) in [5, 5.41) is 10.7. The summed E-state index contributed by atoms with van der Waals surface area (Å²) in [5.41, 5.74) is -0.0314. The molecule has 114 valence electrons. The minimum Gasteiger partial charge on any atom is -0.383 e. The zero-order chi connectivity index (χ0) is 15.6. The van der Waals surface area contributed by atoms with E-state index in [4.69, 9.17) is 0 Å². The second kappa shape index (κ2) is 5.85. The summed E-state index contributed by atoms with van der Waals surface area (Å²) < 4.78 is 13.2. The highest BCUT2D eigenvalue weighted by Crippen LogP contribution is 2.31. The van der Waals surface area contributed by atoms with Crippen molar-refractivity contribution in [3.05, 3.63) is 65.7 Å². The summed E-state index contributed by atoms with van der Waals surface area (Å²) >= 11 is 0. The highest BCUT2D eigenvalue weighted by molar-refractivity contribution is 5.94. The van der Waals surface area contributed by atoms with Crippen LogP contribution < -0.4 is 0 Å². The number of halogens is 1. The molecule has 0 unspecified atom stereocenters. The van der Waals surface area contributed by atoms with Gasteiger partial charge in [-0.2, -0.15) is 0 Å². The molecule has 2 aromatic rings. The van der Waals surface area contributed by atoms with Crippen LogP contribution in [0.1, 0.15) is 28.9 Å². The third-order valence-corrected chi connectivity index (χ3v) is 4.09. The highest BCUT2D eigenvalue weighted by atomic mass is 19.1. The number of carbonyl (C=O) groups excluding carboxylic acids is 1. The predicted octanol–water partition coefficient (Wildman–Crippen LogP) is 2.34. The third kappa shape index (κ3) is 2.85. The predicted molar refractivity (Wildman–Crippen MR) is 79.7 cm³/mol. The number of carbonyl (C=O) groups is 1. The van der Waals surface area contributed by atoms with E-state index in [1.807, 2.05) is 6.07 Å². The molecule has 1 amide bonds. The van der Waals surface area contributed by atoms with Crippen LogP contribution in [0.4, 0.5) is 4.39 Å². The van der Waals surface area contributed by atoms with E-state index in [0.29, 0.717) is 37.2 Å². The number of hydrogen-bond donors (Lipinski definition) is 1. The van der Waals surface area contributed by atoms with Crippen LogP contribution in [0.2, 0.25) is 0 Å². The topological polar surface area (TPSA) is 53.4 Å². The Kier molecular flexibility index (Phi) is 3.90. The van der Waals surface area contributed by atoms with Crippen LogP contribution >= 0.6 is 0 Å². The molecular formula is C17H17FN2O2. The minimum atomic E-state index is -1.00. The monoisotopic (exact) mass is 300 g/mol. The Balaban J connectivity index is 1.70. The van der Waals surface area contributed by atoms with Gasteiger partial charge in [0.2, 0.25) is 0 Å². The Labute approximate surface area is 128 Å². The maximum Gasteiger partial charge on any atom is 0.253 e. The van der Waals surface area contributed by atoms with Crippen LogP contribution in [0.3, 0.4) is 0 Å². The summed E-state index contributed by atoms with van der Waals surface area (Å²) in [5.74, 6) is -0.629. The van der Waals surface area contributed by atoms with E-state index in [1.165, 1.54) is 18.2 Å². The molecule has 1 aliphatic heterocycles. The van der Waals surface area contributed by atoms with Gasteiger partial charge in [0.1, 0.15) is 11.4 Å². The molecule has 0 atom stereocenters. The number of hydrogen-bond acceptors (Lipinski definition) is 3. The van der Waals surface area contributed by atoms with Crippen molar-refractivity contribution >= 4 is 5.91 Å². The summed E-state index contributed by atoms with van der Waals surface area (Å²) in [6.45, 7) is 0.838. The Morgan fingerprint density at radius 1 is 1.18 bits per heavy atom. The van der Waals surface area contributed by atoms with Crippen LogP contribution in [-0.2, 0) is 5.60 Å². The normalized spacial score (nSPS) is 17.3. The Morgan fingerprint density at radius 3 is 2.59 bits per heavy atom. The minimum absolute atomic E-state index is 0.206. The quantitative estimate of drug-likeness (QED) is 0.926. The van der Waals surface area contributed by atoms with Crippen molar-refractivity contribution in [3.8, 4) is 0 Å². The van der Waals surface area contributed by atoms with Crippen molar-refractivity contribution in [2.75, 3.05) is 13.1 Å². The highest BCUT2D eigenvalue weighted by Gasteiger charge is 2.36. The van der Waals surface area contributed by atoms with Gasteiger partial charge in [0.05, 0.1) is 5.69 Å². The Bertz CT molecular complexity index is 667. The first-order chi connectivity index (χ1) is 10.6. The van der Waals surface area contributed by atoms with Crippen molar-refractivity contribution in [1.29, 1.82) is 0 Å². The van der Waals surface area contributed by atoms with Gasteiger partial charge in [-0.1, -0.05) is 12.1 Å². The van der Waals surface area contributed by atoms with E-state index in [0.717, 1.165) is 0 Å². The van der Waals surface area contributed by atoms with Crippen molar-refractivity contribution in [2.24, 2.45) is 0 Å². The number of aliphatic hydroxyl groups is 1. The molecule has 0 spiro atoms. The maximum atomic E-state index is 13.2. The molecule has 1 aliphatic rings. The number of likely N-dealkylation sites (tertiary alicyclic amines) is 1. The van der Waals surface area contributed by atoms with E-state index in [1.54, 1.807) is 29.3 Å². The largest absolute Gasteiger partial charge is 0.383 e. The fourth-order valence-corrected chi connectivity index (χ4v) is 2.78. The van der Waals surface area contributed by atoms with Crippen LogP contribution in [0, 0.1) is 5.82 Å². The van der Waals surface area contributed by atoms with E-state index in [-0.39, 0.29) is 5.91 Å². The molecule has 0 bridgehead atoms. The van der Waals surface area contributed by atoms with Gasteiger partial charge in [-0.3, -0.25) is 9.78 Å². The zero-order valence-electron chi connectivity index (χ0n) is 12.1. The molecule has 1 saturated heterocycles. The summed E-state index contributed by atoms with van der Waals surface area (Å²) in [7, 11) is 0. The average Bonchev–Trinajstić information content (AvgIpc) is 2.56. The van der Waals surface area contributed by atoms with Crippen molar-refractivity contribution < 1.29 is 14.3 Å². The number of aromatic nitrogens is 1. The van der Waals surface area contributed by atoms with E-state index in [9.17, 15) is 14.3 Å². The Morgan fingerprint density at radius 2 is 1.95 bits per heavy atom.